The zero-order valence-corrected chi connectivity index (χ0v) is 13.9. The van der Waals surface area contributed by atoms with Gasteiger partial charge >= 0.3 is 5.97 Å². The van der Waals surface area contributed by atoms with Gasteiger partial charge in [0.15, 0.2) is 0 Å². The lowest BCUT2D eigenvalue weighted by Gasteiger charge is -2.43. The highest BCUT2D eigenvalue weighted by molar-refractivity contribution is 5.77. The summed E-state index contributed by atoms with van der Waals surface area (Å²) >= 11 is 0. The lowest BCUT2D eigenvalue weighted by atomic mass is 9.60. The number of hydrogen-bond acceptors (Lipinski definition) is 3. The quantitative estimate of drug-likeness (QED) is 0.780. The SMILES string of the molecule is COC(=O)[C@]1(C)CCC[C@@H]2Cc3ccc(OC)cc3CC[C@H]21. The van der Waals surface area contributed by atoms with E-state index in [2.05, 4.69) is 25.1 Å². The molecule has 0 unspecified atom stereocenters. The molecule has 0 aromatic heterocycles. The lowest BCUT2D eigenvalue weighted by molar-refractivity contribution is -0.160. The third-order valence-electron chi connectivity index (χ3n) is 5.93. The first-order valence-corrected chi connectivity index (χ1v) is 8.32. The molecular weight excluding hydrogens is 276 g/mol. The third kappa shape index (κ3) is 2.51. The molecule has 0 bridgehead atoms. The van der Waals surface area contributed by atoms with Gasteiger partial charge in [0.25, 0.3) is 0 Å². The van der Waals surface area contributed by atoms with Crippen LogP contribution in [-0.4, -0.2) is 20.2 Å². The second-order valence-corrected chi connectivity index (χ2v) is 7.05. The fourth-order valence-electron chi connectivity index (χ4n) is 4.68. The van der Waals surface area contributed by atoms with Crippen LogP contribution in [-0.2, 0) is 22.4 Å². The summed E-state index contributed by atoms with van der Waals surface area (Å²) in [5.74, 6) is 1.92. The van der Waals surface area contributed by atoms with Gasteiger partial charge in [0, 0.05) is 0 Å². The number of hydrogen-bond donors (Lipinski definition) is 0. The Morgan fingerprint density at radius 2 is 2.05 bits per heavy atom. The van der Waals surface area contributed by atoms with Gasteiger partial charge in [0.05, 0.1) is 19.6 Å². The van der Waals surface area contributed by atoms with Gasteiger partial charge in [-0.3, -0.25) is 4.79 Å². The van der Waals surface area contributed by atoms with Crippen LogP contribution in [0.15, 0.2) is 18.2 Å². The highest BCUT2D eigenvalue weighted by Gasteiger charge is 2.48. The second kappa shape index (κ2) is 5.94. The summed E-state index contributed by atoms with van der Waals surface area (Å²) in [5, 5.41) is 0. The topological polar surface area (TPSA) is 35.5 Å². The Balaban J connectivity index is 1.91. The monoisotopic (exact) mass is 302 g/mol. The minimum Gasteiger partial charge on any atom is -0.497 e. The summed E-state index contributed by atoms with van der Waals surface area (Å²) in [5.41, 5.74) is 2.51. The van der Waals surface area contributed by atoms with Crippen molar-refractivity contribution in [3.63, 3.8) is 0 Å². The van der Waals surface area contributed by atoms with E-state index < -0.39 is 0 Å². The highest BCUT2D eigenvalue weighted by Crippen LogP contribution is 2.50. The summed E-state index contributed by atoms with van der Waals surface area (Å²) in [6.07, 6.45) is 6.48. The fraction of sp³-hybridized carbons (Fsp3) is 0.632. The number of benzene rings is 1. The molecule has 1 aromatic carbocycles. The van der Waals surface area contributed by atoms with Gasteiger partial charge in [-0.05, 0) is 74.1 Å². The molecule has 1 saturated carbocycles. The smallest absolute Gasteiger partial charge is 0.311 e. The minimum absolute atomic E-state index is 0.0225. The molecule has 0 aliphatic heterocycles. The van der Waals surface area contributed by atoms with E-state index in [0.29, 0.717) is 11.8 Å². The first kappa shape index (κ1) is 15.4. The Kier molecular flexibility index (Phi) is 4.16. The normalized spacial score (nSPS) is 30.7. The number of rotatable bonds is 2. The zero-order chi connectivity index (χ0) is 15.7. The summed E-state index contributed by atoms with van der Waals surface area (Å²) in [6.45, 7) is 2.12. The van der Waals surface area contributed by atoms with Crippen LogP contribution in [0, 0.1) is 17.3 Å². The van der Waals surface area contributed by atoms with Crippen LogP contribution >= 0.6 is 0 Å². The molecule has 1 aromatic rings. The molecule has 3 heteroatoms. The maximum atomic E-state index is 12.4. The minimum atomic E-state index is -0.316. The van der Waals surface area contributed by atoms with Gasteiger partial charge in [0.1, 0.15) is 5.75 Å². The average Bonchev–Trinajstić information content (AvgIpc) is 2.73. The van der Waals surface area contributed by atoms with E-state index >= 15 is 0 Å². The largest absolute Gasteiger partial charge is 0.497 e. The Bertz CT molecular complexity index is 566. The first-order chi connectivity index (χ1) is 10.6. The van der Waals surface area contributed by atoms with Crippen LogP contribution in [0.3, 0.4) is 0 Å². The second-order valence-electron chi connectivity index (χ2n) is 7.05. The Labute approximate surface area is 133 Å². The average molecular weight is 302 g/mol. The van der Waals surface area contributed by atoms with Crippen LogP contribution in [0.5, 0.6) is 5.75 Å². The molecule has 120 valence electrons. The number of aryl methyl sites for hydroxylation is 1. The van der Waals surface area contributed by atoms with Crippen LogP contribution in [0.1, 0.15) is 43.7 Å². The highest BCUT2D eigenvalue weighted by atomic mass is 16.5. The van der Waals surface area contributed by atoms with Crippen LogP contribution in [0.2, 0.25) is 0 Å². The summed E-state index contributed by atoms with van der Waals surface area (Å²) in [7, 11) is 3.24. The van der Waals surface area contributed by atoms with E-state index in [1.165, 1.54) is 24.7 Å². The number of fused-ring (bicyclic) bond motifs is 2. The number of methoxy groups -OCH3 is 2. The predicted octanol–water partition coefficient (Wildman–Crippen LogP) is 3.78. The van der Waals surface area contributed by atoms with Crippen LogP contribution in [0.25, 0.3) is 0 Å². The molecule has 3 atom stereocenters. The Hall–Kier alpha value is -1.51. The summed E-state index contributed by atoms with van der Waals surface area (Å²) in [6, 6.07) is 6.43. The van der Waals surface area contributed by atoms with Crippen LogP contribution < -0.4 is 4.74 Å². The molecule has 0 saturated heterocycles. The molecular formula is C19H26O3. The van der Waals surface area contributed by atoms with E-state index in [9.17, 15) is 4.79 Å². The maximum Gasteiger partial charge on any atom is 0.311 e. The Morgan fingerprint density at radius 1 is 1.23 bits per heavy atom. The standard InChI is InChI=1S/C19H26O3/c1-19(18(20)22-3)10-4-5-15-11-13-6-8-16(21-2)12-14(13)7-9-17(15)19/h6,8,12,15,17H,4-5,7,9-11H2,1-3H3/t15-,17-,19-/m1/s1. The Morgan fingerprint density at radius 3 is 2.77 bits per heavy atom. The van der Waals surface area contributed by atoms with Crippen molar-refractivity contribution < 1.29 is 14.3 Å². The molecule has 0 heterocycles. The fourth-order valence-corrected chi connectivity index (χ4v) is 4.68. The van der Waals surface area contributed by atoms with Gasteiger partial charge in [-0.1, -0.05) is 12.5 Å². The van der Waals surface area contributed by atoms with Gasteiger partial charge in [-0.25, -0.2) is 0 Å². The van der Waals surface area contributed by atoms with Gasteiger partial charge in [0.2, 0.25) is 0 Å². The van der Waals surface area contributed by atoms with Crippen molar-refractivity contribution in [3.8, 4) is 5.75 Å². The van der Waals surface area contributed by atoms with Crippen molar-refractivity contribution in [1.29, 1.82) is 0 Å². The molecule has 22 heavy (non-hydrogen) atoms. The van der Waals surface area contributed by atoms with E-state index in [4.69, 9.17) is 9.47 Å². The van der Waals surface area contributed by atoms with E-state index in [0.717, 1.165) is 37.9 Å². The van der Waals surface area contributed by atoms with E-state index in [1.54, 1.807) is 7.11 Å². The van der Waals surface area contributed by atoms with Crippen molar-refractivity contribution in [2.75, 3.05) is 14.2 Å². The lowest BCUT2D eigenvalue weighted by Crippen LogP contribution is -2.44. The summed E-state index contributed by atoms with van der Waals surface area (Å²) < 4.78 is 10.5. The molecule has 2 aliphatic rings. The molecule has 2 aliphatic carbocycles. The zero-order valence-electron chi connectivity index (χ0n) is 13.9. The molecule has 0 N–H and O–H groups in total. The van der Waals surface area contributed by atoms with Crippen molar-refractivity contribution in [2.24, 2.45) is 17.3 Å². The molecule has 3 nitrogen and oxygen atoms in total. The number of carbonyl (C=O) groups excluding carboxylic acids is 1. The van der Waals surface area contributed by atoms with Gasteiger partial charge in [-0.2, -0.15) is 0 Å². The van der Waals surface area contributed by atoms with Crippen molar-refractivity contribution in [1.82, 2.24) is 0 Å². The van der Waals surface area contributed by atoms with Gasteiger partial charge < -0.3 is 9.47 Å². The number of esters is 1. The number of carbonyl (C=O) groups is 1. The first-order valence-electron chi connectivity index (χ1n) is 8.32. The van der Waals surface area contributed by atoms with Crippen LogP contribution in [0.4, 0.5) is 0 Å². The van der Waals surface area contributed by atoms with E-state index in [-0.39, 0.29) is 11.4 Å². The van der Waals surface area contributed by atoms with Crippen molar-refractivity contribution >= 4 is 5.97 Å². The molecule has 3 rings (SSSR count). The number of ether oxygens (including phenoxy) is 2. The van der Waals surface area contributed by atoms with Crippen molar-refractivity contribution in [3.05, 3.63) is 29.3 Å². The van der Waals surface area contributed by atoms with Crippen molar-refractivity contribution in [2.45, 2.75) is 45.4 Å². The third-order valence-corrected chi connectivity index (χ3v) is 5.93. The predicted molar refractivity (Wildman–Crippen MR) is 86.0 cm³/mol. The van der Waals surface area contributed by atoms with Gasteiger partial charge in [-0.15, -0.1) is 0 Å². The molecule has 0 spiro atoms. The molecule has 0 amide bonds. The summed E-state index contributed by atoms with van der Waals surface area (Å²) in [4.78, 5) is 12.4. The maximum absolute atomic E-state index is 12.4. The molecule has 0 radical (unpaired) electrons. The molecule has 1 fully saturated rings. The van der Waals surface area contributed by atoms with E-state index in [1.807, 2.05) is 0 Å².